The van der Waals surface area contributed by atoms with Crippen LogP contribution in [0.15, 0.2) is 0 Å². The van der Waals surface area contributed by atoms with E-state index >= 15 is 0 Å². The second-order valence-electron chi connectivity index (χ2n) is 4.63. The van der Waals surface area contributed by atoms with Crippen LogP contribution in [0.1, 0.15) is 52.9 Å². The van der Waals surface area contributed by atoms with Crippen LogP contribution in [-0.4, -0.2) is 25.0 Å². The summed E-state index contributed by atoms with van der Waals surface area (Å²) >= 11 is 0. The predicted octanol–water partition coefficient (Wildman–Crippen LogP) is 2.27. The second kappa shape index (κ2) is 10.1. The number of esters is 1. The van der Waals surface area contributed by atoms with E-state index in [2.05, 4.69) is 12.2 Å². The molecular formula is C13H25NO3. The van der Waals surface area contributed by atoms with Gasteiger partial charge in [-0.2, -0.15) is 0 Å². The molecule has 0 radical (unpaired) electrons. The van der Waals surface area contributed by atoms with E-state index < -0.39 is 0 Å². The minimum Gasteiger partial charge on any atom is -0.465 e. The molecule has 100 valence electrons. The molecule has 0 fully saturated rings. The summed E-state index contributed by atoms with van der Waals surface area (Å²) in [6.07, 6.45) is 3.54. The lowest BCUT2D eigenvalue weighted by Gasteiger charge is -2.07. The number of carbonyl (C=O) groups excluding carboxylic acids is 2. The first-order chi connectivity index (χ1) is 8.06. The van der Waals surface area contributed by atoms with Crippen LogP contribution in [0.25, 0.3) is 0 Å². The van der Waals surface area contributed by atoms with Gasteiger partial charge in [0.1, 0.15) is 0 Å². The molecule has 4 heteroatoms. The minimum absolute atomic E-state index is 0.0717. The molecule has 0 saturated carbocycles. The minimum atomic E-state index is -0.179. The lowest BCUT2D eigenvalue weighted by atomic mass is 10.2. The van der Waals surface area contributed by atoms with Gasteiger partial charge in [0.05, 0.1) is 6.61 Å². The number of carbonyl (C=O) groups is 2. The Hall–Kier alpha value is -1.06. The summed E-state index contributed by atoms with van der Waals surface area (Å²) in [6.45, 7) is 7.08. The summed E-state index contributed by atoms with van der Waals surface area (Å²) in [5.74, 6) is 0.261. The van der Waals surface area contributed by atoms with E-state index in [1.165, 1.54) is 0 Å². The first-order valence-electron chi connectivity index (χ1n) is 6.48. The summed E-state index contributed by atoms with van der Waals surface area (Å²) in [6, 6.07) is 0. The van der Waals surface area contributed by atoms with Gasteiger partial charge in [0.2, 0.25) is 5.91 Å². The molecule has 0 aliphatic heterocycles. The Kier molecular flexibility index (Phi) is 9.49. The molecule has 0 aliphatic rings. The van der Waals surface area contributed by atoms with Crippen molar-refractivity contribution in [2.75, 3.05) is 13.2 Å². The fourth-order valence-electron chi connectivity index (χ4n) is 1.22. The lowest BCUT2D eigenvalue weighted by Crippen LogP contribution is -2.24. The molecule has 0 unspecified atom stereocenters. The topological polar surface area (TPSA) is 55.4 Å². The highest BCUT2D eigenvalue weighted by Crippen LogP contribution is 1.98. The molecule has 1 amide bonds. The largest absolute Gasteiger partial charge is 0.465 e. The normalized spacial score (nSPS) is 10.4. The smallest absolute Gasteiger partial charge is 0.305 e. The number of hydrogen-bond acceptors (Lipinski definition) is 3. The van der Waals surface area contributed by atoms with Crippen molar-refractivity contribution in [2.24, 2.45) is 5.92 Å². The molecule has 0 saturated heterocycles. The lowest BCUT2D eigenvalue weighted by molar-refractivity contribution is -0.144. The Morgan fingerprint density at radius 3 is 2.47 bits per heavy atom. The van der Waals surface area contributed by atoms with Gasteiger partial charge in [0, 0.05) is 19.4 Å². The third-order valence-electron chi connectivity index (χ3n) is 2.21. The van der Waals surface area contributed by atoms with E-state index in [4.69, 9.17) is 4.74 Å². The molecule has 0 rings (SSSR count). The van der Waals surface area contributed by atoms with Gasteiger partial charge in [-0.05, 0) is 18.8 Å². The molecule has 17 heavy (non-hydrogen) atoms. The highest BCUT2D eigenvalue weighted by atomic mass is 16.5. The maximum Gasteiger partial charge on any atom is 0.305 e. The van der Waals surface area contributed by atoms with Crippen LogP contribution in [0.2, 0.25) is 0 Å². The molecule has 0 aromatic carbocycles. The highest BCUT2D eigenvalue weighted by Gasteiger charge is 2.05. The Balaban J connectivity index is 3.38. The predicted molar refractivity (Wildman–Crippen MR) is 67.6 cm³/mol. The van der Waals surface area contributed by atoms with Crippen LogP contribution in [0.4, 0.5) is 0 Å². The number of hydrogen-bond donors (Lipinski definition) is 1. The average molecular weight is 243 g/mol. The van der Waals surface area contributed by atoms with Crippen molar-refractivity contribution in [3.8, 4) is 0 Å². The van der Waals surface area contributed by atoms with Crippen molar-refractivity contribution in [2.45, 2.75) is 52.9 Å². The van der Waals surface area contributed by atoms with Crippen molar-refractivity contribution in [1.82, 2.24) is 5.32 Å². The third kappa shape index (κ3) is 11.2. The first-order valence-corrected chi connectivity index (χ1v) is 6.48. The standard InChI is InChI=1S/C13H25NO3/c1-4-5-7-12(15)14-9-6-8-13(16)17-10-11(2)3/h11H,4-10H2,1-3H3,(H,14,15). The van der Waals surface area contributed by atoms with Gasteiger partial charge in [-0.3, -0.25) is 9.59 Å². The van der Waals surface area contributed by atoms with E-state index in [0.717, 1.165) is 12.8 Å². The first kappa shape index (κ1) is 15.9. The number of unbranched alkanes of at least 4 members (excludes halogenated alkanes) is 1. The van der Waals surface area contributed by atoms with Gasteiger partial charge in [-0.1, -0.05) is 27.2 Å². The van der Waals surface area contributed by atoms with E-state index in [0.29, 0.717) is 38.3 Å². The monoisotopic (exact) mass is 243 g/mol. The molecular weight excluding hydrogens is 218 g/mol. The molecule has 0 bridgehead atoms. The molecule has 1 N–H and O–H groups in total. The summed E-state index contributed by atoms with van der Waals surface area (Å²) in [5.41, 5.74) is 0. The quantitative estimate of drug-likeness (QED) is 0.499. The van der Waals surface area contributed by atoms with Crippen LogP contribution >= 0.6 is 0 Å². The van der Waals surface area contributed by atoms with Crippen LogP contribution in [0.5, 0.6) is 0 Å². The molecule has 4 nitrogen and oxygen atoms in total. The number of amides is 1. The molecule has 0 atom stereocenters. The fourth-order valence-corrected chi connectivity index (χ4v) is 1.22. The maximum absolute atomic E-state index is 11.2. The summed E-state index contributed by atoms with van der Waals surface area (Å²) < 4.78 is 5.02. The van der Waals surface area contributed by atoms with Gasteiger partial charge < -0.3 is 10.1 Å². The maximum atomic E-state index is 11.2. The van der Waals surface area contributed by atoms with Crippen molar-refractivity contribution < 1.29 is 14.3 Å². The Morgan fingerprint density at radius 2 is 1.88 bits per heavy atom. The molecule has 0 aromatic heterocycles. The van der Waals surface area contributed by atoms with Gasteiger partial charge in [-0.15, -0.1) is 0 Å². The second-order valence-corrected chi connectivity index (χ2v) is 4.63. The molecule has 0 aromatic rings. The summed E-state index contributed by atoms with van der Waals surface area (Å²) in [4.78, 5) is 22.5. The van der Waals surface area contributed by atoms with Gasteiger partial charge >= 0.3 is 5.97 Å². The summed E-state index contributed by atoms with van der Waals surface area (Å²) in [7, 11) is 0. The zero-order valence-electron chi connectivity index (χ0n) is 11.3. The molecule has 0 aliphatic carbocycles. The van der Waals surface area contributed by atoms with Gasteiger partial charge in [0.15, 0.2) is 0 Å². The van der Waals surface area contributed by atoms with Crippen LogP contribution in [-0.2, 0) is 14.3 Å². The van der Waals surface area contributed by atoms with E-state index in [1.54, 1.807) is 0 Å². The van der Waals surface area contributed by atoms with Crippen molar-refractivity contribution in [1.29, 1.82) is 0 Å². The number of nitrogens with one attached hydrogen (secondary N) is 1. The average Bonchev–Trinajstić information content (AvgIpc) is 2.29. The van der Waals surface area contributed by atoms with Crippen molar-refractivity contribution in [3.05, 3.63) is 0 Å². The van der Waals surface area contributed by atoms with Crippen molar-refractivity contribution in [3.63, 3.8) is 0 Å². The van der Waals surface area contributed by atoms with Gasteiger partial charge in [0.25, 0.3) is 0 Å². The number of rotatable bonds is 9. The molecule has 0 spiro atoms. The Morgan fingerprint density at radius 1 is 1.18 bits per heavy atom. The fraction of sp³-hybridized carbons (Fsp3) is 0.846. The zero-order valence-corrected chi connectivity index (χ0v) is 11.3. The van der Waals surface area contributed by atoms with Crippen LogP contribution < -0.4 is 5.32 Å². The van der Waals surface area contributed by atoms with Crippen LogP contribution in [0.3, 0.4) is 0 Å². The summed E-state index contributed by atoms with van der Waals surface area (Å²) in [5, 5.41) is 2.79. The Labute approximate surface area is 104 Å². The third-order valence-corrected chi connectivity index (χ3v) is 2.21. The van der Waals surface area contributed by atoms with E-state index in [-0.39, 0.29) is 11.9 Å². The Bertz CT molecular complexity index is 227. The van der Waals surface area contributed by atoms with Gasteiger partial charge in [-0.25, -0.2) is 0 Å². The van der Waals surface area contributed by atoms with E-state index in [1.807, 2.05) is 13.8 Å². The number of ether oxygens (including phenoxy) is 1. The van der Waals surface area contributed by atoms with E-state index in [9.17, 15) is 9.59 Å². The SMILES string of the molecule is CCCCC(=O)NCCCC(=O)OCC(C)C. The zero-order chi connectivity index (χ0) is 13.1. The highest BCUT2D eigenvalue weighted by molar-refractivity contribution is 5.75. The molecule has 0 heterocycles. The van der Waals surface area contributed by atoms with Crippen molar-refractivity contribution >= 4 is 11.9 Å². The van der Waals surface area contributed by atoms with Crippen LogP contribution in [0, 0.1) is 5.92 Å².